The molecular formula is C22H15N7O8. The molecule has 37 heavy (non-hydrogen) atoms. The average molecular weight is 505 g/mol. The second kappa shape index (κ2) is 11.5. The molecule has 0 aliphatic heterocycles. The Balaban J connectivity index is 1.80. The van der Waals surface area contributed by atoms with Gasteiger partial charge in [-0.25, -0.2) is 0 Å². The van der Waals surface area contributed by atoms with Crippen LogP contribution in [-0.2, 0) is 0 Å². The number of hydrogen-bond donors (Lipinski definition) is 2. The first kappa shape index (κ1) is 25.8. The summed E-state index contributed by atoms with van der Waals surface area (Å²) in [7, 11) is 0. The zero-order valence-corrected chi connectivity index (χ0v) is 18.5. The molecule has 0 saturated carbocycles. The van der Waals surface area contributed by atoms with Gasteiger partial charge in [-0.2, -0.15) is 20.4 Å². The van der Waals surface area contributed by atoms with E-state index in [-0.39, 0.29) is 27.9 Å². The molecular weight excluding hydrogens is 490 g/mol. The Morgan fingerprint density at radius 2 is 1.00 bits per heavy atom. The normalized spacial score (nSPS) is 11.7. The highest BCUT2D eigenvalue weighted by molar-refractivity contribution is 5.90. The van der Waals surface area contributed by atoms with Crippen LogP contribution in [-0.4, -0.2) is 49.8 Å². The van der Waals surface area contributed by atoms with Gasteiger partial charge in [0.25, 0.3) is 5.69 Å². The molecule has 0 aromatic heterocycles. The molecule has 0 aliphatic carbocycles. The van der Waals surface area contributed by atoms with Crippen LogP contribution in [0.2, 0.25) is 0 Å². The SMILES string of the molecule is O=[N+]([O-])c1cc(/C=N/N=C/c2cccc([N+](=O)[O-])c2O)cc(/C=N/N=C/c2cccc([N+](=O)[O-])c2O)c1. The fraction of sp³-hybridized carbons (Fsp3) is 0. The highest BCUT2D eigenvalue weighted by Crippen LogP contribution is 2.29. The largest absolute Gasteiger partial charge is 0.502 e. The first-order valence-electron chi connectivity index (χ1n) is 10.0. The Morgan fingerprint density at radius 1 is 0.595 bits per heavy atom. The van der Waals surface area contributed by atoms with Crippen LogP contribution in [0.5, 0.6) is 11.5 Å². The van der Waals surface area contributed by atoms with Gasteiger partial charge in [-0.15, -0.1) is 0 Å². The lowest BCUT2D eigenvalue weighted by Crippen LogP contribution is -1.94. The molecule has 0 fully saturated rings. The van der Waals surface area contributed by atoms with E-state index in [1.54, 1.807) is 0 Å². The van der Waals surface area contributed by atoms with E-state index in [9.17, 15) is 40.6 Å². The summed E-state index contributed by atoms with van der Waals surface area (Å²) in [4.78, 5) is 30.9. The summed E-state index contributed by atoms with van der Waals surface area (Å²) in [5.74, 6) is -1.17. The molecule has 0 amide bonds. The van der Waals surface area contributed by atoms with Gasteiger partial charge in [0, 0.05) is 46.5 Å². The van der Waals surface area contributed by atoms with Gasteiger partial charge in [-0.1, -0.05) is 12.1 Å². The maximum atomic E-state index is 11.3. The number of rotatable bonds is 9. The predicted octanol–water partition coefficient (Wildman–Crippen LogP) is 3.73. The van der Waals surface area contributed by atoms with Crippen LogP contribution in [0.1, 0.15) is 22.3 Å². The summed E-state index contributed by atoms with van der Waals surface area (Å²) >= 11 is 0. The topological polar surface area (TPSA) is 219 Å². The minimum Gasteiger partial charge on any atom is -0.502 e. The third-order valence-electron chi connectivity index (χ3n) is 4.60. The van der Waals surface area contributed by atoms with Gasteiger partial charge < -0.3 is 10.2 Å². The molecule has 0 bridgehead atoms. The van der Waals surface area contributed by atoms with E-state index in [4.69, 9.17) is 0 Å². The number of benzene rings is 3. The van der Waals surface area contributed by atoms with Crippen molar-refractivity contribution in [2.45, 2.75) is 0 Å². The first-order chi connectivity index (χ1) is 17.7. The lowest BCUT2D eigenvalue weighted by Gasteiger charge is -1.99. The minimum atomic E-state index is -0.751. The van der Waals surface area contributed by atoms with Crippen LogP contribution < -0.4 is 0 Å². The molecule has 0 heterocycles. The molecule has 186 valence electrons. The third-order valence-corrected chi connectivity index (χ3v) is 4.60. The lowest BCUT2D eigenvalue weighted by molar-refractivity contribution is -0.386. The summed E-state index contributed by atoms with van der Waals surface area (Å²) in [6, 6.07) is 11.6. The monoisotopic (exact) mass is 505 g/mol. The Labute approximate surface area is 206 Å². The zero-order valence-electron chi connectivity index (χ0n) is 18.5. The second-order valence-corrected chi connectivity index (χ2v) is 7.04. The number of phenols is 2. The van der Waals surface area contributed by atoms with Gasteiger partial charge in [-0.05, 0) is 18.2 Å². The summed E-state index contributed by atoms with van der Waals surface area (Å²) in [5, 5.41) is 67.8. The lowest BCUT2D eigenvalue weighted by atomic mass is 10.1. The second-order valence-electron chi connectivity index (χ2n) is 7.04. The number of nitro benzene ring substituents is 3. The van der Waals surface area contributed by atoms with Crippen LogP contribution in [0, 0.1) is 30.3 Å². The van der Waals surface area contributed by atoms with Crippen molar-refractivity contribution in [1.82, 2.24) is 0 Å². The molecule has 0 radical (unpaired) electrons. The van der Waals surface area contributed by atoms with E-state index in [1.807, 2.05) is 0 Å². The van der Waals surface area contributed by atoms with Crippen molar-refractivity contribution < 1.29 is 25.0 Å². The molecule has 0 spiro atoms. The number of para-hydroxylation sites is 2. The summed E-state index contributed by atoms with van der Waals surface area (Å²) in [6.07, 6.45) is 4.52. The summed E-state index contributed by atoms with van der Waals surface area (Å²) in [6.45, 7) is 0. The van der Waals surface area contributed by atoms with Crippen LogP contribution in [0.3, 0.4) is 0 Å². The van der Waals surface area contributed by atoms with Gasteiger partial charge in [-0.3, -0.25) is 30.3 Å². The number of non-ortho nitro benzene ring substituents is 1. The third kappa shape index (κ3) is 6.60. The van der Waals surface area contributed by atoms with E-state index < -0.39 is 37.6 Å². The van der Waals surface area contributed by atoms with Crippen molar-refractivity contribution in [3.8, 4) is 11.5 Å². The van der Waals surface area contributed by atoms with Crippen molar-refractivity contribution in [3.63, 3.8) is 0 Å². The molecule has 3 aromatic carbocycles. The molecule has 3 aromatic rings. The number of phenolic OH excluding ortho intramolecular Hbond substituents is 2. The maximum absolute atomic E-state index is 11.3. The summed E-state index contributed by atoms with van der Waals surface area (Å²) < 4.78 is 0. The van der Waals surface area contributed by atoms with E-state index in [1.165, 1.54) is 54.9 Å². The highest BCUT2D eigenvalue weighted by Gasteiger charge is 2.16. The predicted molar refractivity (Wildman–Crippen MR) is 133 cm³/mol. The van der Waals surface area contributed by atoms with Gasteiger partial charge in [0.2, 0.25) is 11.5 Å². The van der Waals surface area contributed by atoms with Crippen molar-refractivity contribution >= 4 is 41.9 Å². The highest BCUT2D eigenvalue weighted by atomic mass is 16.6. The van der Waals surface area contributed by atoms with Crippen LogP contribution >= 0.6 is 0 Å². The first-order valence-corrected chi connectivity index (χ1v) is 10.0. The molecule has 15 heteroatoms. The van der Waals surface area contributed by atoms with Crippen LogP contribution in [0.25, 0.3) is 0 Å². The molecule has 0 aliphatic rings. The number of nitro groups is 3. The Hall–Kier alpha value is -5.86. The van der Waals surface area contributed by atoms with Gasteiger partial charge in [0.15, 0.2) is 0 Å². The quantitative estimate of drug-likeness (QED) is 0.247. The Kier molecular flexibility index (Phi) is 8.02. The van der Waals surface area contributed by atoms with Crippen molar-refractivity contribution in [2.24, 2.45) is 20.4 Å². The van der Waals surface area contributed by atoms with Gasteiger partial charge >= 0.3 is 11.4 Å². The Morgan fingerprint density at radius 3 is 1.38 bits per heavy atom. The smallest absolute Gasteiger partial charge is 0.311 e. The van der Waals surface area contributed by atoms with Crippen molar-refractivity contribution in [2.75, 3.05) is 0 Å². The summed E-state index contributed by atoms with van der Waals surface area (Å²) in [5.41, 5.74) is -0.673. The fourth-order valence-electron chi connectivity index (χ4n) is 2.90. The van der Waals surface area contributed by atoms with E-state index in [0.717, 1.165) is 24.6 Å². The van der Waals surface area contributed by atoms with Gasteiger partial charge in [0.05, 0.1) is 39.6 Å². The number of aromatic hydroxyl groups is 2. The molecule has 0 atom stereocenters. The standard InChI is InChI=1S/C22H15N7O8/c30-21-16(3-1-5-19(21)28(34)35)12-25-23-10-14-7-15(9-18(8-14)27(32)33)11-24-26-13-17-4-2-6-20(22(17)31)29(36)37/h1-13,30-31H/b23-10+,24-11+,25-12+,26-13+. The zero-order chi connectivity index (χ0) is 26.9. The number of nitrogens with zero attached hydrogens (tertiary/aromatic N) is 7. The van der Waals surface area contributed by atoms with Crippen molar-refractivity contribution in [1.29, 1.82) is 0 Å². The number of hydrogen-bond acceptors (Lipinski definition) is 12. The average Bonchev–Trinajstić information content (AvgIpc) is 2.85. The Bertz CT molecular complexity index is 1400. The van der Waals surface area contributed by atoms with E-state index >= 15 is 0 Å². The van der Waals surface area contributed by atoms with Crippen LogP contribution in [0.15, 0.2) is 75.0 Å². The fourth-order valence-corrected chi connectivity index (χ4v) is 2.90. The molecule has 0 saturated heterocycles. The molecule has 2 N–H and O–H groups in total. The van der Waals surface area contributed by atoms with E-state index in [0.29, 0.717) is 0 Å². The van der Waals surface area contributed by atoms with Crippen molar-refractivity contribution in [3.05, 3.63) is 107 Å². The molecule has 0 unspecified atom stereocenters. The molecule has 15 nitrogen and oxygen atoms in total. The van der Waals surface area contributed by atoms with Gasteiger partial charge in [0.1, 0.15) is 0 Å². The van der Waals surface area contributed by atoms with Crippen LogP contribution in [0.4, 0.5) is 17.1 Å². The molecule has 3 rings (SSSR count). The maximum Gasteiger partial charge on any atom is 0.311 e. The van der Waals surface area contributed by atoms with E-state index in [2.05, 4.69) is 20.4 Å². The minimum absolute atomic E-state index is 0.0471.